The lowest BCUT2D eigenvalue weighted by Gasteiger charge is -2.28. The summed E-state index contributed by atoms with van der Waals surface area (Å²) in [5, 5.41) is 14.4. The van der Waals surface area contributed by atoms with Gasteiger partial charge in [0.15, 0.2) is 0 Å². The highest BCUT2D eigenvalue weighted by Crippen LogP contribution is 2.19. The molecule has 0 aliphatic heterocycles. The Morgan fingerprint density at radius 2 is 1.85 bits per heavy atom. The number of carbonyl (C=O) groups excluding carboxylic acids is 1. The number of amides is 2. The summed E-state index contributed by atoms with van der Waals surface area (Å²) < 4.78 is 0. The van der Waals surface area contributed by atoms with Crippen LogP contribution in [-0.4, -0.2) is 23.1 Å². The maximum atomic E-state index is 11.9. The van der Waals surface area contributed by atoms with Crippen molar-refractivity contribution < 1.29 is 14.7 Å². The van der Waals surface area contributed by atoms with E-state index < -0.39 is 5.97 Å². The molecule has 0 saturated heterocycles. The van der Waals surface area contributed by atoms with E-state index in [0.717, 1.165) is 0 Å². The van der Waals surface area contributed by atoms with E-state index in [1.54, 1.807) is 24.3 Å². The van der Waals surface area contributed by atoms with Gasteiger partial charge in [-0.2, -0.15) is 0 Å². The Bertz CT molecular complexity index is 492. The molecule has 1 unspecified atom stereocenters. The van der Waals surface area contributed by atoms with Crippen LogP contribution in [0.5, 0.6) is 0 Å². The minimum absolute atomic E-state index is 0.00543. The SMILES string of the molecule is CC(NC(=O)Nc1ccccc1CC(=O)O)C(C)(C)C. The van der Waals surface area contributed by atoms with Crippen LogP contribution in [-0.2, 0) is 11.2 Å². The van der Waals surface area contributed by atoms with Crippen LogP contribution in [0.25, 0.3) is 0 Å². The van der Waals surface area contributed by atoms with Gasteiger partial charge in [0.05, 0.1) is 6.42 Å². The summed E-state index contributed by atoms with van der Waals surface area (Å²) in [5.41, 5.74) is 1.06. The molecule has 1 atom stereocenters. The van der Waals surface area contributed by atoms with Gasteiger partial charge in [-0.15, -0.1) is 0 Å². The van der Waals surface area contributed by atoms with Crippen LogP contribution in [0.15, 0.2) is 24.3 Å². The van der Waals surface area contributed by atoms with Crippen molar-refractivity contribution in [3.8, 4) is 0 Å². The summed E-state index contributed by atoms with van der Waals surface area (Å²) in [6.45, 7) is 8.05. The van der Waals surface area contributed by atoms with Gasteiger partial charge in [0.25, 0.3) is 0 Å². The molecule has 0 fully saturated rings. The largest absolute Gasteiger partial charge is 0.481 e. The first-order valence-electron chi connectivity index (χ1n) is 6.57. The maximum Gasteiger partial charge on any atom is 0.319 e. The summed E-state index contributed by atoms with van der Waals surface area (Å²) in [7, 11) is 0. The number of nitrogens with one attached hydrogen (secondary N) is 2. The molecule has 0 heterocycles. The van der Waals surface area contributed by atoms with Gasteiger partial charge in [-0.3, -0.25) is 4.79 Å². The monoisotopic (exact) mass is 278 g/mol. The van der Waals surface area contributed by atoms with Gasteiger partial charge in [0.2, 0.25) is 0 Å². The number of aliphatic carboxylic acids is 1. The third-order valence-corrected chi connectivity index (χ3v) is 3.25. The molecular formula is C15H22N2O3. The van der Waals surface area contributed by atoms with E-state index in [0.29, 0.717) is 11.3 Å². The molecule has 110 valence electrons. The Balaban J connectivity index is 2.73. The van der Waals surface area contributed by atoms with Gasteiger partial charge in [0, 0.05) is 11.7 Å². The predicted octanol–water partition coefficient (Wildman–Crippen LogP) is 2.87. The lowest BCUT2D eigenvalue weighted by atomic mass is 9.88. The molecule has 0 aliphatic carbocycles. The van der Waals surface area contributed by atoms with Crippen LogP contribution in [0.1, 0.15) is 33.3 Å². The van der Waals surface area contributed by atoms with Crippen molar-refractivity contribution in [2.75, 3.05) is 5.32 Å². The quantitative estimate of drug-likeness (QED) is 0.792. The van der Waals surface area contributed by atoms with E-state index in [-0.39, 0.29) is 23.9 Å². The van der Waals surface area contributed by atoms with E-state index in [1.165, 1.54) is 0 Å². The third kappa shape index (κ3) is 4.91. The molecule has 0 bridgehead atoms. The van der Waals surface area contributed by atoms with Crippen LogP contribution >= 0.6 is 0 Å². The number of benzene rings is 1. The van der Waals surface area contributed by atoms with Crippen LogP contribution in [0.4, 0.5) is 10.5 Å². The van der Waals surface area contributed by atoms with E-state index in [1.807, 2.05) is 27.7 Å². The molecule has 1 aromatic carbocycles. The number of urea groups is 1. The summed E-state index contributed by atoms with van der Waals surface area (Å²) in [5.74, 6) is -0.928. The zero-order valence-corrected chi connectivity index (χ0v) is 12.4. The number of carbonyl (C=O) groups is 2. The molecule has 0 aliphatic rings. The molecule has 20 heavy (non-hydrogen) atoms. The van der Waals surface area contributed by atoms with Crippen molar-refractivity contribution >= 4 is 17.7 Å². The topological polar surface area (TPSA) is 78.4 Å². The van der Waals surface area contributed by atoms with Gasteiger partial charge >= 0.3 is 12.0 Å². The van der Waals surface area contributed by atoms with Crippen molar-refractivity contribution in [3.05, 3.63) is 29.8 Å². The fraction of sp³-hybridized carbons (Fsp3) is 0.467. The molecule has 1 aromatic rings. The first-order chi connectivity index (χ1) is 9.20. The van der Waals surface area contributed by atoms with Gasteiger partial charge < -0.3 is 15.7 Å². The Hall–Kier alpha value is -2.04. The first-order valence-corrected chi connectivity index (χ1v) is 6.57. The number of hydrogen-bond donors (Lipinski definition) is 3. The van der Waals surface area contributed by atoms with Crippen molar-refractivity contribution in [1.82, 2.24) is 5.32 Å². The Morgan fingerprint density at radius 1 is 1.25 bits per heavy atom. The zero-order chi connectivity index (χ0) is 15.3. The van der Waals surface area contributed by atoms with Crippen LogP contribution < -0.4 is 10.6 Å². The Morgan fingerprint density at radius 3 is 2.40 bits per heavy atom. The molecule has 0 spiro atoms. The van der Waals surface area contributed by atoms with E-state index in [9.17, 15) is 9.59 Å². The second-order valence-corrected chi connectivity index (χ2v) is 5.91. The fourth-order valence-electron chi connectivity index (χ4n) is 1.53. The van der Waals surface area contributed by atoms with Crippen LogP contribution in [0.2, 0.25) is 0 Å². The average molecular weight is 278 g/mol. The van der Waals surface area contributed by atoms with Gasteiger partial charge in [0.1, 0.15) is 0 Å². The number of rotatable bonds is 4. The van der Waals surface area contributed by atoms with Gasteiger partial charge in [-0.1, -0.05) is 39.0 Å². The fourth-order valence-corrected chi connectivity index (χ4v) is 1.53. The average Bonchev–Trinajstić information content (AvgIpc) is 2.29. The predicted molar refractivity (Wildman–Crippen MR) is 78.9 cm³/mol. The lowest BCUT2D eigenvalue weighted by Crippen LogP contribution is -2.43. The standard InChI is InChI=1S/C15H22N2O3/c1-10(15(2,3)4)16-14(20)17-12-8-6-5-7-11(12)9-13(18)19/h5-8,10H,9H2,1-4H3,(H,18,19)(H2,16,17,20). The van der Waals surface area contributed by atoms with Crippen LogP contribution in [0.3, 0.4) is 0 Å². The highest BCUT2D eigenvalue weighted by molar-refractivity contribution is 5.91. The highest BCUT2D eigenvalue weighted by atomic mass is 16.4. The van der Waals surface area contributed by atoms with Crippen molar-refractivity contribution in [3.63, 3.8) is 0 Å². The molecule has 0 saturated carbocycles. The summed E-state index contributed by atoms with van der Waals surface area (Å²) in [4.78, 5) is 22.7. The normalized spacial score (nSPS) is 12.6. The lowest BCUT2D eigenvalue weighted by molar-refractivity contribution is -0.136. The first kappa shape index (κ1) is 16.0. The number of anilines is 1. The van der Waals surface area contributed by atoms with E-state index in [4.69, 9.17) is 5.11 Å². The molecule has 0 aromatic heterocycles. The summed E-state index contributed by atoms with van der Waals surface area (Å²) in [6.07, 6.45) is -0.120. The van der Waals surface area contributed by atoms with Crippen molar-refractivity contribution in [1.29, 1.82) is 0 Å². The van der Waals surface area contributed by atoms with Crippen molar-refractivity contribution in [2.45, 2.75) is 40.2 Å². The zero-order valence-electron chi connectivity index (χ0n) is 12.4. The van der Waals surface area contributed by atoms with Crippen molar-refractivity contribution in [2.24, 2.45) is 5.41 Å². The maximum absolute atomic E-state index is 11.9. The van der Waals surface area contributed by atoms with E-state index in [2.05, 4.69) is 10.6 Å². The number of carboxylic acids is 1. The summed E-state index contributed by atoms with van der Waals surface area (Å²) in [6, 6.07) is 6.56. The highest BCUT2D eigenvalue weighted by Gasteiger charge is 2.21. The number of para-hydroxylation sites is 1. The molecule has 1 rings (SSSR count). The van der Waals surface area contributed by atoms with E-state index >= 15 is 0 Å². The molecule has 5 nitrogen and oxygen atoms in total. The van der Waals surface area contributed by atoms with Gasteiger partial charge in [-0.25, -0.2) is 4.79 Å². The molecular weight excluding hydrogens is 256 g/mol. The number of carboxylic acid groups (broad SMARTS) is 1. The Labute approximate surface area is 119 Å². The second kappa shape index (κ2) is 6.41. The smallest absolute Gasteiger partial charge is 0.319 e. The molecule has 2 amide bonds. The van der Waals surface area contributed by atoms with Crippen LogP contribution in [0, 0.1) is 5.41 Å². The molecule has 5 heteroatoms. The minimum atomic E-state index is -0.928. The minimum Gasteiger partial charge on any atom is -0.481 e. The molecule has 0 radical (unpaired) electrons. The summed E-state index contributed by atoms with van der Waals surface area (Å²) >= 11 is 0. The van der Waals surface area contributed by atoms with Gasteiger partial charge in [-0.05, 0) is 24.0 Å². The Kier molecular flexibility index (Phi) is 5.13. The second-order valence-electron chi connectivity index (χ2n) is 5.91. The molecule has 3 N–H and O–H groups in total. The number of hydrogen-bond acceptors (Lipinski definition) is 2. The third-order valence-electron chi connectivity index (χ3n) is 3.25.